The highest BCUT2D eigenvalue weighted by molar-refractivity contribution is 5.97. The van der Waals surface area contributed by atoms with Gasteiger partial charge in [0.05, 0.1) is 6.04 Å². The molecule has 2 aliphatic rings. The molecule has 25 heavy (non-hydrogen) atoms. The van der Waals surface area contributed by atoms with Crippen LogP contribution < -0.4 is 16.0 Å². The van der Waals surface area contributed by atoms with E-state index in [-0.39, 0.29) is 30.1 Å². The summed E-state index contributed by atoms with van der Waals surface area (Å²) in [5.74, 6) is 0.123. The van der Waals surface area contributed by atoms with Crippen molar-refractivity contribution in [3.05, 3.63) is 24.3 Å². The predicted octanol–water partition coefficient (Wildman–Crippen LogP) is 2.32. The Labute approximate surface area is 154 Å². The molecule has 0 spiro atoms. The number of hydrogen-bond acceptors (Lipinski definition) is 4. The maximum Gasteiger partial charge on any atom is 0.241 e. The summed E-state index contributed by atoms with van der Waals surface area (Å²) >= 11 is 0. The third-order valence-electron chi connectivity index (χ3n) is 4.83. The van der Waals surface area contributed by atoms with E-state index < -0.39 is 6.04 Å². The summed E-state index contributed by atoms with van der Waals surface area (Å²) in [6, 6.07) is 6.89. The second-order valence-corrected chi connectivity index (χ2v) is 6.52. The number of benzene rings is 1. The fourth-order valence-electron chi connectivity index (χ4n) is 3.35. The summed E-state index contributed by atoms with van der Waals surface area (Å²) in [7, 11) is 0. The van der Waals surface area contributed by atoms with Crippen LogP contribution in [0.5, 0.6) is 0 Å². The lowest BCUT2D eigenvalue weighted by atomic mass is 9.92. The van der Waals surface area contributed by atoms with Gasteiger partial charge in [-0.15, -0.1) is 12.4 Å². The molecular formula is C18H26ClN3O3. The first-order valence-corrected chi connectivity index (χ1v) is 8.70. The van der Waals surface area contributed by atoms with Gasteiger partial charge in [-0.3, -0.25) is 9.59 Å². The maximum atomic E-state index is 12.4. The highest BCUT2D eigenvalue weighted by Gasteiger charge is 2.27. The molecule has 0 aromatic heterocycles. The molecule has 7 heteroatoms. The van der Waals surface area contributed by atoms with Crippen molar-refractivity contribution in [1.29, 1.82) is 0 Å². The number of ether oxygens (including phenoxy) is 1. The molecule has 1 atom stereocenters. The number of nitrogens with zero attached hydrogens (tertiary/aromatic N) is 1. The molecule has 0 bridgehead atoms. The third kappa shape index (κ3) is 4.93. The minimum absolute atomic E-state index is 0. The van der Waals surface area contributed by atoms with Crippen LogP contribution in [-0.2, 0) is 14.3 Å². The normalized spacial score (nSPS) is 19.9. The van der Waals surface area contributed by atoms with Gasteiger partial charge in [0.1, 0.15) is 0 Å². The number of rotatable bonds is 4. The van der Waals surface area contributed by atoms with E-state index >= 15 is 0 Å². The highest BCUT2D eigenvalue weighted by Crippen LogP contribution is 2.24. The Hall–Kier alpha value is -1.63. The molecule has 2 aliphatic heterocycles. The molecule has 2 fully saturated rings. The Morgan fingerprint density at radius 1 is 1.28 bits per heavy atom. The first-order valence-electron chi connectivity index (χ1n) is 8.70. The van der Waals surface area contributed by atoms with Gasteiger partial charge < -0.3 is 20.7 Å². The predicted molar refractivity (Wildman–Crippen MR) is 100 cm³/mol. The molecule has 2 amide bonds. The summed E-state index contributed by atoms with van der Waals surface area (Å²) in [5, 5.41) is 2.89. The molecular weight excluding hydrogens is 342 g/mol. The van der Waals surface area contributed by atoms with Gasteiger partial charge in [0.15, 0.2) is 0 Å². The quantitative estimate of drug-likeness (QED) is 0.855. The Morgan fingerprint density at radius 3 is 2.76 bits per heavy atom. The van der Waals surface area contributed by atoms with Crippen LogP contribution in [0, 0.1) is 5.92 Å². The molecule has 1 aromatic carbocycles. The molecule has 3 N–H and O–H groups in total. The number of nitrogens with two attached hydrogens (primary N) is 1. The number of piperidine rings is 1. The lowest BCUT2D eigenvalue weighted by Crippen LogP contribution is -2.44. The molecule has 0 aliphatic carbocycles. The zero-order valence-electron chi connectivity index (χ0n) is 14.3. The number of anilines is 2. The van der Waals surface area contributed by atoms with Crippen LogP contribution in [0.2, 0.25) is 0 Å². The van der Waals surface area contributed by atoms with Crippen LogP contribution in [-0.4, -0.2) is 37.6 Å². The van der Waals surface area contributed by atoms with Crippen molar-refractivity contribution in [2.45, 2.75) is 38.1 Å². The topological polar surface area (TPSA) is 84.7 Å². The summed E-state index contributed by atoms with van der Waals surface area (Å²) in [6.07, 6.45) is 4.18. The third-order valence-corrected chi connectivity index (χ3v) is 4.83. The van der Waals surface area contributed by atoms with Crippen LogP contribution in [0.15, 0.2) is 24.3 Å². The Bertz CT molecular complexity index is 605. The van der Waals surface area contributed by atoms with E-state index in [1.807, 2.05) is 24.3 Å². The Kier molecular flexibility index (Phi) is 7.23. The van der Waals surface area contributed by atoms with Gasteiger partial charge in [-0.1, -0.05) is 6.07 Å². The molecule has 2 heterocycles. The fraction of sp³-hybridized carbons (Fsp3) is 0.556. The molecule has 6 nitrogen and oxygen atoms in total. The molecule has 2 saturated heterocycles. The van der Waals surface area contributed by atoms with E-state index in [1.54, 1.807) is 4.90 Å². The second kappa shape index (κ2) is 9.17. The number of amides is 2. The van der Waals surface area contributed by atoms with E-state index in [1.165, 1.54) is 0 Å². The molecule has 3 rings (SSSR count). The minimum atomic E-state index is -0.533. The van der Waals surface area contributed by atoms with Gasteiger partial charge >= 0.3 is 0 Å². The van der Waals surface area contributed by atoms with Gasteiger partial charge in [-0.2, -0.15) is 0 Å². The summed E-state index contributed by atoms with van der Waals surface area (Å²) in [6.45, 7) is 2.06. The summed E-state index contributed by atoms with van der Waals surface area (Å²) in [5.41, 5.74) is 7.62. The average molecular weight is 368 g/mol. The van der Waals surface area contributed by atoms with Gasteiger partial charge in [0.25, 0.3) is 0 Å². The van der Waals surface area contributed by atoms with Crippen LogP contribution in [0.25, 0.3) is 0 Å². The van der Waals surface area contributed by atoms with Gasteiger partial charge in [-0.05, 0) is 49.8 Å². The van der Waals surface area contributed by atoms with Crippen molar-refractivity contribution in [3.63, 3.8) is 0 Å². The van der Waals surface area contributed by atoms with Crippen LogP contribution in [0.1, 0.15) is 32.1 Å². The number of hydrogen-bond donors (Lipinski definition) is 2. The SMILES string of the molecule is Cl.NC(C(=O)Nc1cccc(N2CCCCC2=O)c1)C1CCOCC1. The first-order chi connectivity index (χ1) is 11.6. The molecule has 138 valence electrons. The largest absolute Gasteiger partial charge is 0.381 e. The standard InChI is InChI=1S/C18H25N3O3.ClH/c19-17(13-7-10-24-11-8-13)18(23)20-14-4-3-5-15(12-14)21-9-2-1-6-16(21)22;/h3-5,12-13,17H,1-2,6-11,19H2,(H,20,23);1H. The van der Waals surface area contributed by atoms with Crippen molar-refractivity contribution in [2.75, 3.05) is 30.0 Å². The van der Waals surface area contributed by atoms with Crippen LogP contribution in [0.3, 0.4) is 0 Å². The van der Waals surface area contributed by atoms with E-state index in [9.17, 15) is 9.59 Å². The summed E-state index contributed by atoms with van der Waals surface area (Å²) in [4.78, 5) is 26.2. The number of nitrogens with one attached hydrogen (secondary N) is 1. The lowest BCUT2D eigenvalue weighted by Gasteiger charge is -2.28. The van der Waals surface area contributed by atoms with E-state index in [0.717, 1.165) is 37.9 Å². The van der Waals surface area contributed by atoms with Crippen molar-refractivity contribution in [2.24, 2.45) is 11.7 Å². The molecule has 1 aromatic rings. The number of halogens is 1. The molecule has 1 unspecified atom stereocenters. The Morgan fingerprint density at radius 2 is 2.04 bits per heavy atom. The monoisotopic (exact) mass is 367 g/mol. The lowest BCUT2D eigenvalue weighted by molar-refractivity contribution is -0.120. The van der Waals surface area contributed by atoms with Crippen molar-refractivity contribution in [3.8, 4) is 0 Å². The van der Waals surface area contributed by atoms with Crippen molar-refractivity contribution in [1.82, 2.24) is 0 Å². The number of carbonyl (C=O) groups excluding carboxylic acids is 2. The minimum Gasteiger partial charge on any atom is -0.381 e. The van der Waals surface area contributed by atoms with E-state index in [0.29, 0.717) is 25.3 Å². The average Bonchev–Trinajstić information content (AvgIpc) is 2.62. The van der Waals surface area contributed by atoms with Crippen LogP contribution in [0.4, 0.5) is 11.4 Å². The Balaban J connectivity index is 0.00000225. The fourth-order valence-corrected chi connectivity index (χ4v) is 3.35. The van der Waals surface area contributed by atoms with Crippen molar-refractivity contribution >= 4 is 35.6 Å². The van der Waals surface area contributed by atoms with Gasteiger partial charge in [-0.25, -0.2) is 0 Å². The van der Waals surface area contributed by atoms with Gasteiger partial charge in [0, 0.05) is 37.6 Å². The second-order valence-electron chi connectivity index (χ2n) is 6.52. The molecule has 0 radical (unpaired) electrons. The van der Waals surface area contributed by atoms with E-state index in [4.69, 9.17) is 10.5 Å². The maximum absolute atomic E-state index is 12.4. The first kappa shape index (κ1) is 19.7. The van der Waals surface area contributed by atoms with Crippen LogP contribution >= 0.6 is 12.4 Å². The van der Waals surface area contributed by atoms with E-state index in [2.05, 4.69) is 5.32 Å². The zero-order valence-corrected chi connectivity index (χ0v) is 15.1. The zero-order chi connectivity index (χ0) is 16.9. The number of carbonyl (C=O) groups is 2. The highest BCUT2D eigenvalue weighted by atomic mass is 35.5. The molecule has 0 saturated carbocycles. The van der Waals surface area contributed by atoms with Crippen molar-refractivity contribution < 1.29 is 14.3 Å². The van der Waals surface area contributed by atoms with Gasteiger partial charge in [0.2, 0.25) is 11.8 Å². The smallest absolute Gasteiger partial charge is 0.241 e. The summed E-state index contributed by atoms with van der Waals surface area (Å²) < 4.78 is 5.32.